The third kappa shape index (κ3) is 6.84. The highest BCUT2D eigenvalue weighted by Crippen LogP contribution is 2.34. The molecule has 0 bridgehead atoms. The summed E-state index contributed by atoms with van der Waals surface area (Å²) in [6.07, 6.45) is 5.72. The molecular weight excluding hydrogens is 484 g/mol. The number of aryl methyl sites for hydroxylation is 3. The molecule has 0 radical (unpaired) electrons. The first-order chi connectivity index (χ1) is 18.0. The molecule has 0 aliphatic carbocycles. The van der Waals surface area contributed by atoms with E-state index in [1.165, 1.54) is 27.5 Å². The fraction of sp³-hybridized carbons (Fsp3) is 0.281. The molecule has 0 unspecified atom stereocenters. The summed E-state index contributed by atoms with van der Waals surface area (Å²) in [5, 5.41) is 12.1. The second-order valence-electron chi connectivity index (χ2n) is 9.29. The quantitative estimate of drug-likeness (QED) is 0.193. The summed E-state index contributed by atoms with van der Waals surface area (Å²) < 4.78 is 10.8. The first-order valence-electron chi connectivity index (χ1n) is 12.7. The van der Waals surface area contributed by atoms with E-state index in [1.54, 1.807) is 14.2 Å². The van der Waals surface area contributed by atoms with Gasteiger partial charge in [-0.1, -0.05) is 60.5 Å². The third-order valence-electron chi connectivity index (χ3n) is 6.86. The van der Waals surface area contributed by atoms with E-state index < -0.39 is 5.97 Å². The van der Waals surface area contributed by atoms with Crippen molar-refractivity contribution in [2.75, 3.05) is 14.2 Å². The van der Waals surface area contributed by atoms with E-state index in [1.807, 2.05) is 36.4 Å². The Hall–Kier alpha value is -3.50. The van der Waals surface area contributed by atoms with E-state index in [-0.39, 0.29) is 6.42 Å². The molecule has 0 amide bonds. The van der Waals surface area contributed by atoms with E-state index in [0.717, 1.165) is 59.8 Å². The zero-order valence-corrected chi connectivity index (χ0v) is 22.2. The SMILES string of the molecule is COc1ccc(-c2ccc3cc(OC)ccc3c2CCCCCc2ccc(CCC(=O)O)cc2Cl)cc1. The van der Waals surface area contributed by atoms with E-state index >= 15 is 0 Å². The number of benzene rings is 4. The first-order valence-corrected chi connectivity index (χ1v) is 13.1. The molecule has 0 saturated heterocycles. The average molecular weight is 517 g/mol. The molecule has 0 aliphatic rings. The molecule has 0 atom stereocenters. The van der Waals surface area contributed by atoms with Gasteiger partial charge in [0.15, 0.2) is 0 Å². The van der Waals surface area contributed by atoms with Crippen molar-refractivity contribution in [3.05, 3.63) is 94.5 Å². The summed E-state index contributed by atoms with van der Waals surface area (Å²) in [5.41, 5.74) is 5.88. The van der Waals surface area contributed by atoms with E-state index in [2.05, 4.69) is 36.4 Å². The van der Waals surface area contributed by atoms with Gasteiger partial charge >= 0.3 is 5.97 Å². The number of carbonyl (C=O) groups is 1. The number of halogens is 1. The van der Waals surface area contributed by atoms with Gasteiger partial charge in [0.1, 0.15) is 11.5 Å². The van der Waals surface area contributed by atoms with Gasteiger partial charge in [0.05, 0.1) is 14.2 Å². The van der Waals surface area contributed by atoms with E-state index in [9.17, 15) is 4.79 Å². The highest BCUT2D eigenvalue weighted by atomic mass is 35.5. The molecule has 0 fully saturated rings. The van der Waals surface area contributed by atoms with Gasteiger partial charge in [-0.3, -0.25) is 4.79 Å². The summed E-state index contributed by atoms with van der Waals surface area (Å²) in [6.45, 7) is 0. The maximum Gasteiger partial charge on any atom is 0.303 e. The normalized spacial score (nSPS) is 11.0. The standard InChI is InChI=1S/C32H33ClO4/c1-36-26-14-11-23(12-15-26)28-17-13-25-21-27(37-2)16-18-29(25)30(28)7-5-3-4-6-24-10-8-22(20-31(24)33)9-19-32(34)35/h8,10-18,20-21H,3-7,9,19H2,1-2H3,(H,34,35). The Labute approximate surface area is 223 Å². The lowest BCUT2D eigenvalue weighted by molar-refractivity contribution is -0.136. The number of rotatable bonds is 12. The lowest BCUT2D eigenvalue weighted by atomic mass is 9.90. The topological polar surface area (TPSA) is 55.8 Å². The van der Waals surface area contributed by atoms with Crippen LogP contribution >= 0.6 is 11.6 Å². The minimum atomic E-state index is -0.791. The zero-order chi connectivity index (χ0) is 26.2. The molecule has 192 valence electrons. The van der Waals surface area contributed by atoms with Crippen molar-refractivity contribution in [1.82, 2.24) is 0 Å². The van der Waals surface area contributed by atoms with Crippen LogP contribution in [0.4, 0.5) is 0 Å². The van der Waals surface area contributed by atoms with Gasteiger partial charge in [-0.05, 0) is 101 Å². The molecule has 4 nitrogen and oxygen atoms in total. The fourth-order valence-electron chi connectivity index (χ4n) is 4.80. The zero-order valence-electron chi connectivity index (χ0n) is 21.4. The molecule has 0 heterocycles. The van der Waals surface area contributed by atoms with Gasteiger partial charge in [0, 0.05) is 11.4 Å². The van der Waals surface area contributed by atoms with Crippen LogP contribution in [0.5, 0.6) is 11.5 Å². The predicted molar refractivity (Wildman–Crippen MR) is 151 cm³/mol. The number of carboxylic acid groups (broad SMARTS) is 1. The van der Waals surface area contributed by atoms with Crippen molar-refractivity contribution < 1.29 is 19.4 Å². The maximum absolute atomic E-state index is 10.8. The van der Waals surface area contributed by atoms with Crippen molar-refractivity contribution in [2.45, 2.75) is 44.9 Å². The fourth-order valence-corrected chi connectivity index (χ4v) is 5.10. The monoisotopic (exact) mass is 516 g/mol. The van der Waals surface area contributed by atoms with Crippen molar-refractivity contribution in [3.63, 3.8) is 0 Å². The second-order valence-corrected chi connectivity index (χ2v) is 9.69. The van der Waals surface area contributed by atoms with Crippen LogP contribution in [0.15, 0.2) is 72.8 Å². The number of aliphatic carboxylic acids is 1. The molecule has 4 rings (SSSR count). The summed E-state index contributed by atoms with van der Waals surface area (Å²) in [6, 6.07) is 24.9. The van der Waals surface area contributed by atoms with Crippen molar-refractivity contribution in [2.24, 2.45) is 0 Å². The van der Waals surface area contributed by atoms with Crippen LogP contribution in [-0.2, 0) is 24.1 Å². The number of unbranched alkanes of at least 4 members (excludes halogenated alkanes) is 2. The van der Waals surface area contributed by atoms with E-state index in [0.29, 0.717) is 6.42 Å². The van der Waals surface area contributed by atoms with Crippen LogP contribution in [0.1, 0.15) is 42.4 Å². The van der Waals surface area contributed by atoms with Gasteiger partial charge < -0.3 is 14.6 Å². The molecule has 0 saturated carbocycles. The molecule has 1 N–H and O–H groups in total. The number of hydrogen-bond donors (Lipinski definition) is 1. The predicted octanol–water partition coefficient (Wildman–Crippen LogP) is 8.15. The molecule has 5 heteroatoms. The highest BCUT2D eigenvalue weighted by Gasteiger charge is 2.11. The maximum atomic E-state index is 10.8. The second kappa shape index (κ2) is 12.6. The van der Waals surface area contributed by atoms with Crippen LogP contribution < -0.4 is 9.47 Å². The Morgan fingerprint density at radius 1 is 0.784 bits per heavy atom. The van der Waals surface area contributed by atoms with Gasteiger partial charge in [0.2, 0.25) is 0 Å². The molecule has 0 spiro atoms. The number of ether oxygens (including phenoxy) is 2. The number of methoxy groups -OCH3 is 2. The Kier molecular flexibility index (Phi) is 9.08. The van der Waals surface area contributed by atoms with Crippen molar-refractivity contribution in [1.29, 1.82) is 0 Å². The van der Waals surface area contributed by atoms with Crippen LogP contribution in [0.25, 0.3) is 21.9 Å². The molecule has 4 aromatic carbocycles. The number of hydrogen-bond acceptors (Lipinski definition) is 3. The molecular formula is C32H33ClO4. The number of fused-ring (bicyclic) bond motifs is 1. The van der Waals surface area contributed by atoms with Gasteiger partial charge in [0.25, 0.3) is 0 Å². The van der Waals surface area contributed by atoms with Crippen LogP contribution in [0.3, 0.4) is 0 Å². The summed E-state index contributed by atoms with van der Waals surface area (Å²) in [4.78, 5) is 10.8. The minimum Gasteiger partial charge on any atom is -0.497 e. The summed E-state index contributed by atoms with van der Waals surface area (Å²) in [5.74, 6) is 0.923. The summed E-state index contributed by atoms with van der Waals surface area (Å²) >= 11 is 6.49. The first kappa shape index (κ1) is 26.6. The van der Waals surface area contributed by atoms with Gasteiger partial charge in [-0.25, -0.2) is 0 Å². The van der Waals surface area contributed by atoms with Crippen LogP contribution in [0, 0.1) is 0 Å². The lowest BCUT2D eigenvalue weighted by Crippen LogP contribution is -1.98. The Bertz CT molecular complexity index is 1360. The molecule has 0 aromatic heterocycles. The minimum absolute atomic E-state index is 0.120. The molecule has 4 aromatic rings. The largest absolute Gasteiger partial charge is 0.497 e. The van der Waals surface area contributed by atoms with Crippen LogP contribution in [0.2, 0.25) is 5.02 Å². The molecule has 37 heavy (non-hydrogen) atoms. The van der Waals surface area contributed by atoms with Crippen molar-refractivity contribution >= 4 is 28.3 Å². The van der Waals surface area contributed by atoms with Crippen molar-refractivity contribution in [3.8, 4) is 22.6 Å². The molecule has 0 aliphatic heterocycles. The van der Waals surface area contributed by atoms with Gasteiger partial charge in [-0.2, -0.15) is 0 Å². The lowest BCUT2D eigenvalue weighted by Gasteiger charge is -2.15. The van der Waals surface area contributed by atoms with E-state index in [4.69, 9.17) is 26.2 Å². The Morgan fingerprint density at radius 3 is 2.22 bits per heavy atom. The third-order valence-corrected chi connectivity index (χ3v) is 7.21. The average Bonchev–Trinajstić information content (AvgIpc) is 2.92. The smallest absolute Gasteiger partial charge is 0.303 e. The Balaban J connectivity index is 1.45. The van der Waals surface area contributed by atoms with Crippen LogP contribution in [-0.4, -0.2) is 25.3 Å². The highest BCUT2D eigenvalue weighted by molar-refractivity contribution is 6.31. The number of carboxylic acids is 1. The Morgan fingerprint density at radius 2 is 1.51 bits per heavy atom. The van der Waals surface area contributed by atoms with Gasteiger partial charge in [-0.15, -0.1) is 0 Å². The summed E-state index contributed by atoms with van der Waals surface area (Å²) in [7, 11) is 3.38.